The fourth-order valence-electron chi connectivity index (χ4n) is 2.17. The molecule has 4 nitrogen and oxygen atoms in total. The Morgan fingerprint density at radius 1 is 1.09 bits per heavy atom. The Bertz CT molecular complexity index is 680. The molecular weight excluding hydrogens is 327 g/mol. The first kappa shape index (κ1) is 17.8. The van der Waals surface area contributed by atoms with E-state index < -0.39 is 13.2 Å². The van der Waals surface area contributed by atoms with E-state index in [1.165, 1.54) is 0 Å². The monoisotopic (exact) mass is 348 g/mol. The van der Waals surface area contributed by atoms with Crippen LogP contribution in [-0.2, 0) is 17.5 Å². The van der Waals surface area contributed by atoms with E-state index in [4.69, 9.17) is 18.0 Å². The highest BCUT2D eigenvalue weighted by molar-refractivity contribution is 7.99. The van der Waals surface area contributed by atoms with Gasteiger partial charge in [-0.2, -0.15) is 0 Å². The van der Waals surface area contributed by atoms with Crippen LogP contribution in [0.2, 0.25) is 0 Å². The SMILES string of the molecule is NC(CCc1ccccc1)P(=O)(O)C(=S)NCc1ccccc1. The molecule has 0 aliphatic carbocycles. The minimum Gasteiger partial charge on any atom is -0.367 e. The fourth-order valence-corrected chi connectivity index (χ4v) is 3.74. The van der Waals surface area contributed by atoms with E-state index in [1.807, 2.05) is 60.7 Å². The van der Waals surface area contributed by atoms with Crippen LogP contribution in [0.3, 0.4) is 0 Å². The predicted molar refractivity (Wildman–Crippen MR) is 98.4 cm³/mol. The molecule has 2 atom stereocenters. The third-order valence-electron chi connectivity index (χ3n) is 3.60. The molecular formula is C17H21N2O2PS. The van der Waals surface area contributed by atoms with Crippen molar-refractivity contribution < 1.29 is 9.46 Å². The van der Waals surface area contributed by atoms with Gasteiger partial charge in [0.15, 0.2) is 4.73 Å². The lowest BCUT2D eigenvalue weighted by atomic mass is 10.1. The van der Waals surface area contributed by atoms with Gasteiger partial charge in [0.2, 0.25) is 0 Å². The van der Waals surface area contributed by atoms with Gasteiger partial charge in [0.1, 0.15) is 0 Å². The third kappa shape index (κ3) is 5.26. The second kappa shape index (κ2) is 8.37. The molecule has 0 saturated heterocycles. The second-order valence-electron chi connectivity index (χ2n) is 5.36. The van der Waals surface area contributed by atoms with E-state index in [0.29, 0.717) is 19.4 Å². The number of benzene rings is 2. The van der Waals surface area contributed by atoms with E-state index in [1.54, 1.807) is 0 Å². The van der Waals surface area contributed by atoms with Crippen molar-refractivity contribution in [3.63, 3.8) is 0 Å². The molecule has 23 heavy (non-hydrogen) atoms. The summed E-state index contributed by atoms with van der Waals surface area (Å²) in [6, 6.07) is 19.3. The van der Waals surface area contributed by atoms with Crippen molar-refractivity contribution in [1.82, 2.24) is 5.32 Å². The van der Waals surface area contributed by atoms with E-state index in [-0.39, 0.29) is 4.73 Å². The van der Waals surface area contributed by atoms with Crippen molar-refractivity contribution in [3.8, 4) is 0 Å². The van der Waals surface area contributed by atoms with E-state index in [0.717, 1.165) is 11.1 Å². The molecule has 4 N–H and O–H groups in total. The Kier molecular flexibility index (Phi) is 6.48. The summed E-state index contributed by atoms with van der Waals surface area (Å²) in [5.41, 5.74) is 8.01. The summed E-state index contributed by atoms with van der Waals surface area (Å²) in [7, 11) is -3.75. The zero-order valence-corrected chi connectivity index (χ0v) is 14.5. The van der Waals surface area contributed by atoms with Gasteiger partial charge in [-0.05, 0) is 24.0 Å². The van der Waals surface area contributed by atoms with Gasteiger partial charge in [-0.25, -0.2) is 0 Å². The van der Waals surface area contributed by atoms with Gasteiger partial charge < -0.3 is 15.9 Å². The van der Waals surface area contributed by atoms with Crippen molar-refractivity contribution in [1.29, 1.82) is 0 Å². The number of rotatable bonds is 7. The zero-order valence-electron chi connectivity index (χ0n) is 12.8. The number of nitrogens with two attached hydrogens (primary N) is 1. The number of hydrogen-bond acceptors (Lipinski definition) is 3. The van der Waals surface area contributed by atoms with E-state index >= 15 is 0 Å². The summed E-state index contributed by atoms with van der Waals surface area (Å²) in [4.78, 5) is 10.2. The van der Waals surface area contributed by atoms with Crippen LogP contribution in [0, 0.1) is 0 Å². The summed E-state index contributed by atoms with van der Waals surface area (Å²) in [6.07, 6.45) is 1.05. The van der Waals surface area contributed by atoms with Gasteiger partial charge in [-0.1, -0.05) is 72.9 Å². The van der Waals surface area contributed by atoms with Crippen molar-refractivity contribution >= 4 is 24.3 Å². The Morgan fingerprint density at radius 3 is 2.17 bits per heavy atom. The maximum atomic E-state index is 12.5. The maximum Gasteiger partial charge on any atom is 0.272 e. The van der Waals surface area contributed by atoms with E-state index in [2.05, 4.69) is 5.32 Å². The van der Waals surface area contributed by atoms with Gasteiger partial charge >= 0.3 is 0 Å². The lowest BCUT2D eigenvalue weighted by Crippen LogP contribution is -2.30. The smallest absolute Gasteiger partial charge is 0.272 e. The molecule has 2 aromatic rings. The van der Waals surface area contributed by atoms with Crippen LogP contribution in [0.1, 0.15) is 17.5 Å². The minimum atomic E-state index is -3.75. The lowest BCUT2D eigenvalue weighted by molar-refractivity contribution is 0.472. The summed E-state index contributed by atoms with van der Waals surface area (Å²) in [6.45, 7) is 0.412. The Balaban J connectivity index is 1.88. The van der Waals surface area contributed by atoms with Crippen LogP contribution < -0.4 is 11.1 Å². The number of aryl methyl sites for hydroxylation is 1. The minimum absolute atomic E-state index is 0.0538. The average Bonchev–Trinajstić information content (AvgIpc) is 2.59. The number of nitrogens with one attached hydrogen (secondary N) is 1. The molecule has 0 amide bonds. The molecule has 0 spiro atoms. The Labute approximate surface area is 142 Å². The van der Waals surface area contributed by atoms with Gasteiger partial charge in [-0.3, -0.25) is 4.57 Å². The first-order chi connectivity index (χ1) is 11.0. The molecule has 0 aliphatic rings. The summed E-state index contributed by atoms with van der Waals surface area (Å²) < 4.78 is 12.4. The molecule has 6 heteroatoms. The van der Waals surface area contributed by atoms with Gasteiger partial charge in [0, 0.05) is 6.54 Å². The quantitative estimate of drug-likeness (QED) is 0.529. The molecule has 0 heterocycles. The second-order valence-corrected chi connectivity index (χ2v) is 8.43. The highest BCUT2D eigenvalue weighted by Crippen LogP contribution is 2.46. The summed E-state index contributed by atoms with van der Waals surface area (Å²) >= 11 is 5.09. The lowest BCUT2D eigenvalue weighted by Gasteiger charge is -2.21. The van der Waals surface area contributed by atoms with Crippen molar-refractivity contribution in [2.24, 2.45) is 5.73 Å². The molecule has 2 aromatic carbocycles. The normalized spacial score (nSPS) is 14.7. The standard InChI is InChI=1S/C17H21N2O2PS/c18-16(12-11-14-7-3-1-4-8-14)22(20,21)17(23)19-13-15-9-5-2-6-10-15/h1-10,16H,11-13,18H2,(H,19,23)(H,20,21). The van der Waals surface area contributed by atoms with Crippen LogP contribution >= 0.6 is 19.6 Å². The third-order valence-corrected chi connectivity index (χ3v) is 6.43. The number of hydrogen-bond donors (Lipinski definition) is 3. The molecule has 0 aliphatic heterocycles. The van der Waals surface area contributed by atoms with Gasteiger partial charge in [0.05, 0.1) is 5.78 Å². The van der Waals surface area contributed by atoms with E-state index in [9.17, 15) is 9.46 Å². The van der Waals surface area contributed by atoms with Gasteiger partial charge in [0.25, 0.3) is 7.37 Å². The van der Waals surface area contributed by atoms with Crippen molar-refractivity contribution in [2.45, 2.75) is 25.2 Å². The van der Waals surface area contributed by atoms with Crippen molar-refractivity contribution in [2.75, 3.05) is 0 Å². The first-order valence-electron chi connectivity index (χ1n) is 7.44. The van der Waals surface area contributed by atoms with Crippen LogP contribution in [0.4, 0.5) is 0 Å². The highest BCUT2D eigenvalue weighted by Gasteiger charge is 2.32. The molecule has 122 valence electrons. The maximum absolute atomic E-state index is 12.5. The van der Waals surface area contributed by atoms with Crippen molar-refractivity contribution in [3.05, 3.63) is 71.8 Å². The van der Waals surface area contributed by atoms with Crippen LogP contribution in [0.5, 0.6) is 0 Å². The van der Waals surface area contributed by atoms with Crippen LogP contribution in [0.25, 0.3) is 0 Å². The molecule has 2 unspecified atom stereocenters. The van der Waals surface area contributed by atoms with Crippen LogP contribution in [0.15, 0.2) is 60.7 Å². The first-order valence-corrected chi connectivity index (χ1v) is 9.58. The number of thiocarbonyl (C=S) groups is 1. The molecule has 0 radical (unpaired) electrons. The molecule has 0 saturated carbocycles. The average molecular weight is 348 g/mol. The molecule has 0 aromatic heterocycles. The molecule has 0 bridgehead atoms. The summed E-state index contributed by atoms with van der Waals surface area (Å²) in [5, 5.41) is 2.86. The topological polar surface area (TPSA) is 75.4 Å². The largest absolute Gasteiger partial charge is 0.367 e. The summed E-state index contributed by atoms with van der Waals surface area (Å²) in [5.74, 6) is -0.863. The predicted octanol–water partition coefficient (Wildman–Crippen LogP) is 3.25. The Hall–Kier alpha value is -1.52. The molecule has 2 rings (SSSR count). The van der Waals surface area contributed by atoms with Gasteiger partial charge in [-0.15, -0.1) is 0 Å². The van der Waals surface area contributed by atoms with Crippen LogP contribution in [-0.4, -0.2) is 15.4 Å². The fraction of sp³-hybridized carbons (Fsp3) is 0.235. The molecule has 0 fully saturated rings. The zero-order chi connectivity index (χ0) is 16.7. The highest BCUT2D eigenvalue weighted by atomic mass is 32.1. The Morgan fingerprint density at radius 2 is 1.61 bits per heavy atom.